The van der Waals surface area contributed by atoms with Crippen molar-refractivity contribution in [3.8, 4) is 0 Å². The smallest absolute Gasteiger partial charge is 0.335 e. The van der Waals surface area contributed by atoms with Gasteiger partial charge in [0.2, 0.25) is 5.91 Å². The van der Waals surface area contributed by atoms with Crippen LogP contribution in [0.15, 0.2) is 48.5 Å². The normalized spacial score (nSPS) is 26.2. The largest absolute Gasteiger partial charge is 0.377 e. The van der Waals surface area contributed by atoms with Crippen molar-refractivity contribution in [2.24, 2.45) is 5.41 Å². The highest BCUT2D eigenvalue weighted by atomic mass is 16.5. The Hall–Kier alpha value is -3.19. The highest BCUT2D eigenvalue weighted by Crippen LogP contribution is 2.45. The first kappa shape index (κ1) is 17.9. The fourth-order valence-corrected chi connectivity index (χ4v) is 4.69. The second-order valence-electron chi connectivity index (χ2n) is 7.80. The Bertz CT molecular complexity index is 1020. The van der Waals surface area contributed by atoms with Crippen LogP contribution in [0.3, 0.4) is 0 Å². The summed E-state index contributed by atoms with van der Waals surface area (Å²) in [6.45, 7) is 3.30. The van der Waals surface area contributed by atoms with E-state index in [-0.39, 0.29) is 13.0 Å². The van der Waals surface area contributed by atoms with Crippen LogP contribution < -0.4 is 15.1 Å². The lowest BCUT2D eigenvalue weighted by molar-refractivity contribution is -0.146. The monoisotopic (exact) mass is 391 g/mol. The molecule has 2 aromatic carbocycles. The van der Waals surface area contributed by atoms with Crippen LogP contribution in [0.1, 0.15) is 11.1 Å². The molecule has 1 N–H and O–H groups in total. The molecule has 4 amide bonds. The zero-order valence-corrected chi connectivity index (χ0v) is 16.1. The number of rotatable bonds is 1. The summed E-state index contributed by atoms with van der Waals surface area (Å²) < 4.78 is 5.68. The van der Waals surface area contributed by atoms with E-state index in [0.29, 0.717) is 18.8 Å². The molecule has 3 heterocycles. The van der Waals surface area contributed by atoms with Gasteiger partial charge in [0.15, 0.2) is 5.41 Å². The first-order valence-corrected chi connectivity index (χ1v) is 9.71. The van der Waals surface area contributed by atoms with E-state index in [1.807, 2.05) is 43.3 Å². The molecule has 7 nitrogen and oxygen atoms in total. The van der Waals surface area contributed by atoms with Gasteiger partial charge >= 0.3 is 6.03 Å². The average molecular weight is 391 g/mol. The summed E-state index contributed by atoms with van der Waals surface area (Å²) in [6.07, 6.45) is 0.230. The number of anilines is 2. The van der Waals surface area contributed by atoms with Crippen LogP contribution in [-0.4, -0.2) is 43.6 Å². The van der Waals surface area contributed by atoms with Crippen LogP contribution in [0.5, 0.6) is 0 Å². The molecule has 0 aromatic heterocycles. The number of carbonyl (C=O) groups is 3. The first-order valence-electron chi connectivity index (χ1n) is 9.71. The minimum absolute atomic E-state index is 0.230. The van der Waals surface area contributed by atoms with Gasteiger partial charge in [-0.3, -0.25) is 14.9 Å². The maximum Gasteiger partial charge on any atom is 0.335 e. The topological polar surface area (TPSA) is 79.0 Å². The summed E-state index contributed by atoms with van der Waals surface area (Å²) >= 11 is 0. The number of nitrogens with one attached hydrogen (secondary N) is 1. The third kappa shape index (κ3) is 2.50. The van der Waals surface area contributed by atoms with E-state index in [1.54, 1.807) is 12.1 Å². The van der Waals surface area contributed by atoms with Crippen molar-refractivity contribution in [1.82, 2.24) is 5.32 Å². The van der Waals surface area contributed by atoms with Crippen molar-refractivity contribution in [1.29, 1.82) is 0 Å². The fourth-order valence-electron chi connectivity index (χ4n) is 4.69. The van der Waals surface area contributed by atoms with Crippen molar-refractivity contribution in [3.05, 3.63) is 59.7 Å². The van der Waals surface area contributed by atoms with Gasteiger partial charge in [0.05, 0.1) is 24.9 Å². The summed E-state index contributed by atoms with van der Waals surface area (Å²) in [5.74, 6) is -1.05. The lowest BCUT2D eigenvalue weighted by Gasteiger charge is -2.53. The number of carbonyl (C=O) groups excluding carboxylic acids is 3. The number of morpholine rings is 1. The van der Waals surface area contributed by atoms with Gasteiger partial charge in [-0.25, -0.2) is 9.69 Å². The highest BCUT2D eigenvalue weighted by molar-refractivity contribution is 6.30. The van der Waals surface area contributed by atoms with Gasteiger partial charge in [-0.15, -0.1) is 0 Å². The van der Waals surface area contributed by atoms with Crippen molar-refractivity contribution in [3.63, 3.8) is 0 Å². The van der Waals surface area contributed by atoms with Crippen LogP contribution in [0.25, 0.3) is 0 Å². The Labute approximate surface area is 168 Å². The minimum atomic E-state index is -1.42. The molecule has 1 spiro atoms. The predicted molar refractivity (Wildman–Crippen MR) is 107 cm³/mol. The van der Waals surface area contributed by atoms with Gasteiger partial charge in [0, 0.05) is 12.2 Å². The van der Waals surface area contributed by atoms with E-state index in [0.717, 1.165) is 21.7 Å². The zero-order chi connectivity index (χ0) is 20.2. The van der Waals surface area contributed by atoms with Gasteiger partial charge in [-0.1, -0.05) is 35.9 Å². The SMILES string of the molecule is Cc1ccc(N2C(=O)NC(=O)[C@@]3(Cc4ccccc4N4CCOC[C@H]43)C2=O)cc1. The maximum atomic E-state index is 13.8. The van der Waals surface area contributed by atoms with E-state index in [4.69, 9.17) is 4.74 Å². The standard InChI is InChI=1S/C22H21N3O4/c1-14-6-8-16(9-7-14)25-20(27)22(19(26)23-21(25)28)12-15-4-2-3-5-17(15)24-10-11-29-13-18(22)24/h2-9,18H,10-13H2,1H3,(H,23,26,28)/t18-,22-/m0/s1. The Morgan fingerprint density at radius 1 is 1.07 bits per heavy atom. The van der Waals surface area contributed by atoms with E-state index < -0.39 is 29.3 Å². The number of hydrogen-bond acceptors (Lipinski definition) is 5. The molecule has 0 bridgehead atoms. The molecule has 148 valence electrons. The lowest BCUT2D eigenvalue weighted by Crippen LogP contribution is -2.74. The van der Waals surface area contributed by atoms with Crippen LogP contribution in [0.2, 0.25) is 0 Å². The number of amides is 4. The summed E-state index contributed by atoms with van der Waals surface area (Å²) in [4.78, 5) is 42.9. The van der Waals surface area contributed by atoms with Gasteiger partial charge in [0.1, 0.15) is 0 Å². The molecule has 2 atom stereocenters. The quantitative estimate of drug-likeness (QED) is 0.753. The highest BCUT2D eigenvalue weighted by Gasteiger charge is 2.62. The van der Waals surface area contributed by atoms with Gasteiger partial charge in [-0.2, -0.15) is 0 Å². The van der Waals surface area contributed by atoms with Gasteiger partial charge in [-0.05, 0) is 37.1 Å². The number of imide groups is 2. The third-order valence-electron chi connectivity index (χ3n) is 6.17. The number of nitrogens with zero attached hydrogens (tertiary/aromatic N) is 2. The molecule has 2 saturated heterocycles. The van der Waals surface area contributed by atoms with Crippen LogP contribution in [0, 0.1) is 12.3 Å². The number of barbiturate groups is 1. The van der Waals surface area contributed by atoms with Gasteiger partial charge in [0.25, 0.3) is 5.91 Å². The second-order valence-corrected chi connectivity index (χ2v) is 7.80. The molecule has 0 saturated carbocycles. The van der Waals surface area contributed by atoms with E-state index in [2.05, 4.69) is 10.2 Å². The zero-order valence-electron chi connectivity index (χ0n) is 16.1. The maximum absolute atomic E-state index is 13.8. The molecule has 3 aliphatic heterocycles. The number of hydrogen-bond donors (Lipinski definition) is 1. The molecular weight excluding hydrogens is 370 g/mol. The summed E-state index contributed by atoms with van der Waals surface area (Å²) in [5, 5.41) is 2.44. The molecule has 3 aliphatic rings. The molecule has 2 fully saturated rings. The second kappa shape index (κ2) is 6.42. The Morgan fingerprint density at radius 3 is 2.62 bits per heavy atom. The Balaban J connectivity index is 1.66. The van der Waals surface area contributed by atoms with E-state index in [1.165, 1.54) is 0 Å². The molecule has 0 aliphatic carbocycles. The average Bonchev–Trinajstić information content (AvgIpc) is 2.73. The first-order chi connectivity index (χ1) is 14.0. The van der Waals surface area contributed by atoms with E-state index >= 15 is 0 Å². The molecule has 7 heteroatoms. The fraction of sp³-hybridized carbons (Fsp3) is 0.318. The van der Waals surface area contributed by atoms with Crippen molar-refractivity contribution < 1.29 is 19.1 Å². The Morgan fingerprint density at radius 2 is 1.83 bits per heavy atom. The van der Waals surface area contributed by atoms with Crippen molar-refractivity contribution >= 4 is 29.2 Å². The number of para-hydroxylation sites is 1. The Kier molecular flexibility index (Phi) is 3.96. The lowest BCUT2D eigenvalue weighted by atomic mass is 9.68. The van der Waals surface area contributed by atoms with Gasteiger partial charge < -0.3 is 9.64 Å². The minimum Gasteiger partial charge on any atom is -0.377 e. The number of fused-ring (bicyclic) bond motifs is 4. The predicted octanol–water partition coefficient (Wildman–Crippen LogP) is 2.03. The molecule has 5 rings (SSSR count). The van der Waals surface area contributed by atoms with Crippen LogP contribution >= 0.6 is 0 Å². The summed E-state index contributed by atoms with van der Waals surface area (Å²) in [7, 11) is 0. The molecule has 0 unspecified atom stereocenters. The van der Waals surface area contributed by atoms with Crippen molar-refractivity contribution in [2.45, 2.75) is 19.4 Å². The van der Waals surface area contributed by atoms with Crippen LogP contribution in [0.4, 0.5) is 16.2 Å². The van der Waals surface area contributed by atoms with Crippen molar-refractivity contribution in [2.75, 3.05) is 29.6 Å². The molecular formula is C22H21N3O4. The van der Waals surface area contributed by atoms with E-state index in [9.17, 15) is 14.4 Å². The molecule has 0 radical (unpaired) electrons. The number of aryl methyl sites for hydroxylation is 1. The third-order valence-corrected chi connectivity index (χ3v) is 6.17. The molecule has 29 heavy (non-hydrogen) atoms. The van der Waals surface area contributed by atoms with Crippen LogP contribution in [-0.2, 0) is 20.7 Å². The number of benzene rings is 2. The number of ether oxygens (including phenoxy) is 1. The number of urea groups is 1. The molecule has 2 aromatic rings. The summed E-state index contributed by atoms with van der Waals surface area (Å²) in [5.41, 5.74) is 1.99. The summed E-state index contributed by atoms with van der Waals surface area (Å²) in [6, 6.07) is 13.7.